The first kappa shape index (κ1) is 26.8. The highest BCUT2D eigenvalue weighted by molar-refractivity contribution is 6.32. The van der Waals surface area contributed by atoms with Gasteiger partial charge in [-0.25, -0.2) is 0 Å². The van der Waals surface area contributed by atoms with Crippen LogP contribution in [0.5, 0.6) is 11.5 Å². The summed E-state index contributed by atoms with van der Waals surface area (Å²) in [5.41, 5.74) is 4.15. The highest BCUT2D eigenvalue weighted by Crippen LogP contribution is 2.28. The molecule has 0 aliphatic heterocycles. The predicted molar refractivity (Wildman–Crippen MR) is 151 cm³/mol. The van der Waals surface area contributed by atoms with Crippen LogP contribution in [0.25, 0.3) is 6.08 Å². The van der Waals surface area contributed by atoms with Crippen LogP contribution in [-0.2, 0) is 18.0 Å². The average molecular weight is 543 g/mol. The van der Waals surface area contributed by atoms with E-state index in [-0.39, 0.29) is 5.57 Å². The van der Waals surface area contributed by atoms with Crippen molar-refractivity contribution in [1.82, 2.24) is 0 Å². The largest absolute Gasteiger partial charge is 0.489 e. The van der Waals surface area contributed by atoms with Gasteiger partial charge in [-0.2, -0.15) is 5.26 Å². The van der Waals surface area contributed by atoms with Gasteiger partial charge in [0.05, 0.1) is 5.02 Å². The number of hydrogen-bond acceptors (Lipinski definition) is 4. The number of amides is 1. The van der Waals surface area contributed by atoms with E-state index in [1.807, 2.05) is 61.5 Å². The van der Waals surface area contributed by atoms with Gasteiger partial charge >= 0.3 is 0 Å². The highest BCUT2D eigenvalue weighted by atomic mass is 35.5. The number of anilines is 1. The summed E-state index contributed by atoms with van der Waals surface area (Å²) in [7, 11) is 0. The summed E-state index contributed by atoms with van der Waals surface area (Å²) in [5, 5.41) is 13.3. The van der Waals surface area contributed by atoms with Crippen molar-refractivity contribution in [2.45, 2.75) is 20.1 Å². The minimum atomic E-state index is -0.534. The van der Waals surface area contributed by atoms with E-state index in [0.717, 1.165) is 11.1 Å². The summed E-state index contributed by atoms with van der Waals surface area (Å²) in [6.07, 6.45) is 1.48. The van der Waals surface area contributed by atoms with Gasteiger partial charge in [0.1, 0.15) is 36.4 Å². The molecule has 0 aromatic heterocycles. The summed E-state index contributed by atoms with van der Waals surface area (Å²) in [5.74, 6) is 0.607. The summed E-state index contributed by atoms with van der Waals surface area (Å²) < 4.78 is 11.6. The molecule has 1 N–H and O–H groups in total. The number of rotatable bonds is 9. The third-order valence-electron chi connectivity index (χ3n) is 5.61. The lowest BCUT2D eigenvalue weighted by Crippen LogP contribution is -2.13. The Morgan fingerprint density at radius 2 is 1.63 bits per heavy atom. The standard InChI is InChI=1S/C31H24Cl2N2O3/c1-21-6-8-22(9-7-21)19-38-30-15-10-23(17-29(30)33)16-25(18-34)31(36)35-26-11-13-27(14-12-26)37-20-24-4-2-3-5-28(24)32/h2-17H,19-20H2,1H3,(H,35,36)/b25-16+. The molecule has 190 valence electrons. The van der Waals surface area contributed by atoms with Crippen molar-refractivity contribution in [1.29, 1.82) is 5.26 Å². The molecule has 4 aromatic rings. The molecule has 0 fully saturated rings. The van der Waals surface area contributed by atoms with E-state index in [1.165, 1.54) is 11.6 Å². The Kier molecular flexibility index (Phi) is 9.05. The molecule has 0 saturated heterocycles. The van der Waals surface area contributed by atoms with E-state index in [4.69, 9.17) is 32.7 Å². The van der Waals surface area contributed by atoms with Gasteiger partial charge in [-0.1, -0.05) is 77.3 Å². The second kappa shape index (κ2) is 12.8. The molecule has 0 unspecified atom stereocenters. The molecular weight excluding hydrogens is 519 g/mol. The first-order valence-electron chi connectivity index (χ1n) is 11.8. The molecule has 1 amide bonds. The van der Waals surface area contributed by atoms with E-state index >= 15 is 0 Å². The van der Waals surface area contributed by atoms with Gasteiger partial charge < -0.3 is 14.8 Å². The van der Waals surface area contributed by atoms with Crippen molar-refractivity contribution in [3.05, 3.63) is 129 Å². The van der Waals surface area contributed by atoms with Crippen LogP contribution in [0.15, 0.2) is 96.6 Å². The third kappa shape index (κ3) is 7.39. The lowest BCUT2D eigenvalue weighted by molar-refractivity contribution is -0.112. The van der Waals surface area contributed by atoms with Crippen LogP contribution in [0, 0.1) is 18.3 Å². The minimum absolute atomic E-state index is 0.0616. The van der Waals surface area contributed by atoms with Gasteiger partial charge in [-0.05, 0) is 66.6 Å². The van der Waals surface area contributed by atoms with E-state index in [1.54, 1.807) is 42.5 Å². The van der Waals surface area contributed by atoms with Crippen LogP contribution >= 0.6 is 23.2 Å². The van der Waals surface area contributed by atoms with Crippen molar-refractivity contribution in [3.8, 4) is 17.6 Å². The van der Waals surface area contributed by atoms with Gasteiger partial charge in [-0.15, -0.1) is 0 Å². The Hall–Kier alpha value is -4.24. The Morgan fingerprint density at radius 3 is 2.32 bits per heavy atom. The highest BCUT2D eigenvalue weighted by Gasteiger charge is 2.11. The molecule has 4 aromatic carbocycles. The molecular formula is C31H24Cl2N2O3. The molecule has 0 spiro atoms. The van der Waals surface area contributed by atoms with Gasteiger partial charge in [0.2, 0.25) is 0 Å². The zero-order chi connectivity index (χ0) is 26.9. The maximum absolute atomic E-state index is 12.7. The molecule has 0 saturated carbocycles. The molecule has 0 aliphatic rings. The van der Waals surface area contributed by atoms with Crippen molar-refractivity contribution >= 4 is 40.9 Å². The van der Waals surface area contributed by atoms with Crippen LogP contribution in [0.3, 0.4) is 0 Å². The topological polar surface area (TPSA) is 71.3 Å². The summed E-state index contributed by atoms with van der Waals surface area (Å²) in [6, 6.07) is 29.4. The number of benzene rings is 4. The predicted octanol–water partition coefficient (Wildman–Crippen LogP) is 8.01. The average Bonchev–Trinajstić information content (AvgIpc) is 2.92. The molecule has 0 bridgehead atoms. The van der Waals surface area contributed by atoms with E-state index in [9.17, 15) is 10.1 Å². The summed E-state index contributed by atoms with van der Waals surface area (Å²) in [6.45, 7) is 2.73. The molecule has 0 radical (unpaired) electrons. The summed E-state index contributed by atoms with van der Waals surface area (Å²) in [4.78, 5) is 12.7. The number of aryl methyl sites for hydroxylation is 1. The number of nitriles is 1. The number of hydrogen-bond donors (Lipinski definition) is 1. The molecule has 5 nitrogen and oxygen atoms in total. The van der Waals surface area contributed by atoms with Crippen molar-refractivity contribution in [2.75, 3.05) is 5.32 Å². The number of carbonyl (C=O) groups excluding carboxylic acids is 1. The monoisotopic (exact) mass is 542 g/mol. The number of halogens is 2. The van der Waals surface area contributed by atoms with Crippen LogP contribution in [-0.4, -0.2) is 5.91 Å². The van der Waals surface area contributed by atoms with Crippen LogP contribution in [0.4, 0.5) is 5.69 Å². The maximum Gasteiger partial charge on any atom is 0.266 e. The molecule has 0 atom stereocenters. The number of ether oxygens (including phenoxy) is 2. The zero-order valence-corrected chi connectivity index (χ0v) is 22.1. The molecule has 38 heavy (non-hydrogen) atoms. The first-order valence-corrected chi connectivity index (χ1v) is 12.5. The second-order valence-electron chi connectivity index (χ2n) is 8.49. The number of nitrogens with one attached hydrogen (secondary N) is 1. The van der Waals surface area contributed by atoms with Gasteiger partial charge in [0, 0.05) is 16.3 Å². The zero-order valence-electron chi connectivity index (χ0n) is 20.6. The fourth-order valence-electron chi connectivity index (χ4n) is 3.49. The molecule has 0 aliphatic carbocycles. The number of carbonyl (C=O) groups is 1. The molecule has 0 heterocycles. The Labute approximate surface area is 231 Å². The third-order valence-corrected chi connectivity index (χ3v) is 6.28. The van der Waals surface area contributed by atoms with Crippen LogP contribution < -0.4 is 14.8 Å². The van der Waals surface area contributed by atoms with E-state index in [0.29, 0.717) is 46.0 Å². The van der Waals surface area contributed by atoms with Crippen molar-refractivity contribution in [2.24, 2.45) is 0 Å². The lowest BCUT2D eigenvalue weighted by atomic mass is 10.1. The van der Waals surface area contributed by atoms with E-state index < -0.39 is 5.91 Å². The van der Waals surface area contributed by atoms with Gasteiger partial charge in [0.15, 0.2) is 0 Å². The van der Waals surface area contributed by atoms with Gasteiger partial charge in [0.25, 0.3) is 5.91 Å². The lowest BCUT2D eigenvalue weighted by Gasteiger charge is -2.10. The first-order chi connectivity index (χ1) is 18.4. The quantitative estimate of drug-likeness (QED) is 0.172. The molecule has 7 heteroatoms. The SMILES string of the molecule is Cc1ccc(COc2ccc(/C=C(\C#N)C(=O)Nc3ccc(OCc4ccccc4Cl)cc3)cc2Cl)cc1. The van der Waals surface area contributed by atoms with Crippen molar-refractivity contribution in [3.63, 3.8) is 0 Å². The molecule has 4 rings (SSSR count). The van der Waals surface area contributed by atoms with Gasteiger partial charge in [-0.3, -0.25) is 4.79 Å². The Morgan fingerprint density at radius 1 is 0.895 bits per heavy atom. The van der Waals surface area contributed by atoms with E-state index in [2.05, 4.69) is 5.32 Å². The smallest absolute Gasteiger partial charge is 0.266 e. The Balaban J connectivity index is 1.35. The fraction of sp³-hybridized carbons (Fsp3) is 0.0968. The summed E-state index contributed by atoms with van der Waals surface area (Å²) >= 11 is 12.5. The van der Waals surface area contributed by atoms with Crippen LogP contribution in [0.1, 0.15) is 22.3 Å². The van der Waals surface area contributed by atoms with Crippen LogP contribution in [0.2, 0.25) is 10.0 Å². The minimum Gasteiger partial charge on any atom is -0.489 e. The normalized spacial score (nSPS) is 10.9. The fourth-order valence-corrected chi connectivity index (χ4v) is 3.93. The second-order valence-corrected chi connectivity index (χ2v) is 9.31. The Bertz CT molecular complexity index is 1490. The number of nitrogens with zero attached hydrogens (tertiary/aromatic N) is 1. The maximum atomic E-state index is 12.7. The van der Waals surface area contributed by atoms with Crippen molar-refractivity contribution < 1.29 is 14.3 Å².